The number of hydrogen-bond acceptors (Lipinski definition) is 2. The van der Waals surface area contributed by atoms with E-state index in [0.717, 1.165) is 23.5 Å². The summed E-state index contributed by atoms with van der Waals surface area (Å²) in [5.41, 5.74) is 8.25. The molecule has 2 aromatic rings. The fourth-order valence-corrected chi connectivity index (χ4v) is 2.85. The molecule has 0 amide bonds. The predicted molar refractivity (Wildman–Crippen MR) is 96.3 cm³/mol. The molecule has 1 atom stereocenters. The third kappa shape index (κ3) is 2.64. The lowest BCUT2D eigenvalue weighted by molar-refractivity contribution is 0.874. The van der Waals surface area contributed by atoms with Gasteiger partial charge in [-0.1, -0.05) is 43.0 Å². The number of anilines is 2. The Morgan fingerprint density at radius 1 is 1.14 bits per heavy atom. The summed E-state index contributed by atoms with van der Waals surface area (Å²) in [5.74, 6) is 0. The van der Waals surface area contributed by atoms with Crippen molar-refractivity contribution in [3.8, 4) is 11.1 Å². The summed E-state index contributed by atoms with van der Waals surface area (Å²) in [5, 5.41) is 7.02. The molecule has 0 saturated carbocycles. The molecule has 0 aliphatic carbocycles. The highest BCUT2D eigenvalue weighted by atomic mass is 15.0. The van der Waals surface area contributed by atoms with Crippen LogP contribution in [0.1, 0.15) is 17.5 Å². The zero-order valence-electron chi connectivity index (χ0n) is 13.2. The van der Waals surface area contributed by atoms with Crippen molar-refractivity contribution in [3.63, 3.8) is 0 Å². The Morgan fingerprint density at radius 2 is 1.95 bits per heavy atom. The fourth-order valence-electron chi connectivity index (χ4n) is 2.85. The highest BCUT2D eigenvalue weighted by Crippen LogP contribution is 2.38. The lowest BCUT2D eigenvalue weighted by Crippen LogP contribution is -2.15. The van der Waals surface area contributed by atoms with Crippen LogP contribution in [0.25, 0.3) is 11.1 Å². The Balaban J connectivity index is 2.14. The molecule has 22 heavy (non-hydrogen) atoms. The van der Waals surface area contributed by atoms with Crippen LogP contribution < -0.4 is 10.6 Å². The topological polar surface area (TPSA) is 24.1 Å². The van der Waals surface area contributed by atoms with E-state index in [1.807, 2.05) is 6.08 Å². The summed E-state index contributed by atoms with van der Waals surface area (Å²) < 4.78 is 0. The molecule has 0 radical (unpaired) electrons. The second kappa shape index (κ2) is 5.72. The fraction of sp³-hybridized carbons (Fsp3) is 0.200. The van der Waals surface area contributed by atoms with Crippen molar-refractivity contribution >= 4 is 11.4 Å². The Labute approximate surface area is 132 Å². The first-order valence-corrected chi connectivity index (χ1v) is 7.63. The number of para-hydroxylation sites is 1. The second-order valence-corrected chi connectivity index (χ2v) is 5.95. The largest absolute Gasteiger partial charge is 0.376 e. The van der Waals surface area contributed by atoms with Gasteiger partial charge in [-0.25, -0.2) is 0 Å². The molecule has 3 rings (SSSR count). The minimum Gasteiger partial charge on any atom is -0.376 e. The quantitative estimate of drug-likeness (QED) is 0.737. The summed E-state index contributed by atoms with van der Waals surface area (Å²) in [6, 6.07) is 13.1. The monoisotopic (exact) mass is 290 g/mol. The molecule has 2 aromatic carbocycles. The molecule has 1 heterocycles. The van der Waals surface area contributed by atoms with Crippen LogP contribution in [0.15, 0.2) is 61.3 Å². The van der Waals surface area contributed by atoms with E-state index in [1.165, 1.54) is 22.3 Å². The van der Waals surface area contributed by atoms with E-state index in [2.05, 4.69) is 74.0 Å². The van der Waals surface area contributed by atoms with Gasteiger partial charge in [0.1, 0.15) is 0 Å². The number of hydrogen-bond donors (Lipinski definition) is 2. The first-order chi connectivity index (χ1) is 10.6. The SMILES string of the molecule is C=C[C@@H]1CC(=C)Nc2cccc(-c3ccc(C)c(C)c3)c2N1. The van der Waals surface area contributed by atoms with Crippen LogP contribution in [-0.4, -0.2) is 6.04 Å². The molecular formula is C20H22N2. The number of fused-ring (bicyclic) bond motifs is 1. The minimum absolute atomic E-state index is 0.189. The van der Waals surface area contributed by atoms with Crippen LogP contribution in [-0.2, 0) is 0 Å². The van der Waals surface area contributed by atoms with E-state index in [0.29, 0.717) is 0 Å². The first kappa shape index (κ1) is 14.5. The molecule has 0 unspecified atom stereocenters. The molecule has 1 aliphatic heterocycles. The van der Waals surface area contributed by atoms with Crippen LogP contribution in [0.3, 0.4) is 0 Å². The van der Waals surface area contributed by atoms with Gasteiger partial charge in [0.2, 0.25) is 0 Å². The maximum Gasteiger partial charge on any atom is 0.0663 e. The van der Waals surface area contributed by atoms with Crippen LogP contribution in [0.4, 0.5) is 11.4 Å². The van der Waals surface area contributed by atoms with E-state index < -0.39 is 0 Å². The van der Waals surface area contributed by atoms with E-state index in [4.69, 9.17) is 0 Å². The maximum atomic E-state index is 4.10. The van der Waals surface area contributed by atoms with Gasteiger partial charge in [-0.05, 0) is 36.6 Å². The highest BCUT2D eigenvalue weighted by Gasteiger charge is 2.18. The third-order valence-electron chi connectivity index (χ3n) is 4.27. The number of nitrogens with one attached hydrogen (secondary N) is 2. The second-order valence-electron chi connectivity index (χ2n) is 5.95. The van der Waals surface area contributed by atoms with Gasteiger partial charge in [0.05, 0.1) is 11.4 Å². The minimum atomic E-state index is 0.189. The number of rotatable bonds is 2. The van der Waals surface area contributed by atoms with E-state index in [1.54, 1.807) is 0 Å². The van der Waals surface area contributed by atoms with Crippen molar-refractivity contribution in [2.45, 2.75) is 26.3 Å². The molecule has 112 valence electrons. The van der Waals surface area contributed by atoms with Crippen LogP contribution in [0, 0.1) is 13.8 Å². The van der Waals surface area contributed by atoms with E-state index in [-0.39, 0.29) is 6.04 Å². The standard InChI is InChI=1S/C20H22N2/c1-5-17-12-15(4)21-19-8-6-7-18(20(19)22-17)16-10-9-13(2)14(3)11-16/h5-11,17,21-22H,1,4,12H2,2-3H3/t17-/m1/s1. The normalized spacial score (nSPS) is 17.0. The van der Waals surface area contributed by atoms with Crippen molar-refractivity contribution in [1.29, 1.82) is 0 Å². The van der Waals surface area contributed by atoms with Crippen molar-refractivity contribution in [2.75, 3.05) is 10.6 Å². The summed E-state index contributed by atoms with van der Waals surface area (Å²) in [6.07, 6.45) is 2.78. The Bertz CT molecular complexity index is 743. The molecule has 1 aliphatic rings. The summed E-state index contributed by atoms with van der Waals surface area (Å²) in [7, 11) is 0. The van der Waals surface area contributed by atoms with E-state index >= 15 is 0 Å². The summed E-state index contributed by atoms with van der Waals surface area (Å²) >= 11 is 0. The van der Waals surface area contributed by atoms with Gasteiger partial charge >= 0.3 is 0 Å². The van der Waals surface area contributed by atoms with E-state index in [9.17, 15) is 0 Å². The smallest absolute Gasteiger partial charge is 0.0663 e. The molecule has 0 spiro atoms. The average molecular weight is 290 g/mol. The average Bonchev–Trinajstić information content (AvgIpc) is 2.67. The lowest BCUT2D eigenvalue weighted by Gasteiger charge is -2.18. The van der Waals surface area contributed by atoms with Gasteiger partial charge in [0.15, 0.2) is 0 Å². The van der Waals surface area contributed by atoms with Crippen molar-refractivity contribution in [3.05, 3.63) is 72.5 Å². The summed E-state index contributed by atoms with van der Waals surface area (Å²) in [6.45, 7) is 12.3. The van der Waals surface area contributed by atoms with Gasteiger partial charge < -0.3 is 10.6 Å². The zero-order valence-corrected chi connectivity index (χ0v) is 13.2. The van der Waals surface area contributed by atoms with Gasteiger partial charge in [-0.15, -0.1) is 6.58 Å². The van der Waals surface area contributed by atoms with Crippen LogP contribution >= 0.6 is 0 Å². The number of aryl methyl sites for hydroxylation is 2. The molecule has 0 bridgehead atoms. The molecule has 2 N–H and O–H groups in total. The molecule has 2 nitrogen and oxygen atoms in total. The van der Waals surface area contributed by atoms with Gasteiger partial charge in [-0.2, -0.15) is 0 Å². The Hall–Kier alpha value is -2.48. The van der Waals surface area contributed by atoms with Crippen molar-refractivity contribution in [2.24, 2.45) is 0 Å². The van der Waals surface area contributed by atoms with Gasteiger partial charge in [0, 0.05) is 23.7 Å². The van der Waals surface area contributed by atoms with Gasteiger partial charge in [-0.3, -0.25) is 0 Å². The first-order valence-electron chi connectivity index (χ1n) is 7.63. The molecule has 2 heteroatoms. The molecule has 0 fully saturated rings. The van der Waals surface area contributed by atoms with Crippen molar-refractivity contribution < 1.29 is 0 Å². The van der Waals surface area contributed by atoms with Crippen LogP contribution in [0.2, 0.25) is 0 Å². The van der Waals surface area contributed by atoms with Crippen LogP contribution in [0.5, 0.6) is 0 Å². The summed E-state index contributed by atoms with van der Waals surface area (Å²) in [4.78, 5) is 0. The Morgan fingerprint density at radius 3 is 2.68 bits per heavy atom. The van der Waals surface area contributed by atoms with Gasteiger partial charge in [0.25, 0.3) is 0 Å². The Kier molecular flexibility index (Phi) is 3.76. The number of benzene rings is 2. The van der Waals surface area contributed by atoms with Crippen molar-refractivity contribution in [1.82, 2.24) is 0 Å². The molecule has 0 saturated heterocycles. The molecular weight excluding hydrogens is 268 g/mol. The molecule has 0 aromatic heterocycles. The third-order valence-corrected chi connectivity index (χ3v) is 4.27. The maximum absolute atomic E-state index is 4.10. The predicted octanol–water partition coefficient (Wildman–Crippen LogP) is 5.27. The highest BCUT2D eigenvalue weighted by molar-refractivity contribution is 5.89. The lowest BCUT2D eigenvalue weighted by atomic mass is 9.98. The zero-order chi connectivity index (χ0) is 15.7.